The van der Waals surface area contributed by atoms with Crippen LogP contribution in [0.4, 0.5) is 10.5 Å². The second-order valence-electron chi connectivity index (χ2n) is 6.10. The molecule has 1 aromatic rings. The zero-order chi connectivity index (χ0) is 17.6. The maximum atomic E-state index is 12.0. The van der Waals surface area contributed by atoms with Crippen LogP contribution in [0, 0.1) is 17.8 Å². The number of carbonyl (C=O) groups is 3. The minimum atomic E-state index is -1.70. The molecule has 24 heavy (non-hydrogen) atoms. The number of benzene rings is 1. The van der Waals surface area contributed by atoms with Gasteiger partial charge in [-0.3, -0.25) is 14.9 Å². The molecule has 0 spiro atoms. The van der Waals surface area contributed by atoms with Crippen molar-refractivity contribution in [2.75, 3.05) is 5.32 Å². The van der Waals surface area contributed by atoms with Crippen molar-refractivity contribution in [2.45, 2.75) is 18.1 Å². The summed E-state index contributed by atoms with van der Waals surface area (Å²) >= 11 is 5.82. The summed E-state index contributed by atoms with van der Waals surface area (Å²) in [6.45, 7) is 0. The number of ether oxygens (including phenoxy) is 1. The second-order valence-corrected chi connectivity index (χ2v) is 6.53. The number of carbonyl (C=O) groups excluding carboxylic acids is 1. The van der Waals surface area contributed by atoms with Crippen molar-refractivity contribution in [2.24, 2.45) is 23.5 Å². The Labute approximate surface area is 141 Å². The number of hydrogen-bond donors (Lipinski definition) is 4. The highest BCUT2D eigenvalue weighted by Gasteiger charge is 2.75. The number of fused-ring (bicyclic) bond motifs is 1. The van der Waals surface area contributed by atoms with Crippen molar-refractivity contribution in [3.05, 3.63) is 29.3 Å². The number of rotatable bonds is 4. The summed E-state index contributed by atoms with van der Waals surface area (Å²) in [4.78, 5) is 34.6. The first-order chi connectivity index (χ1) is 11.2. The maximum absolute atomic E-state index is 12.0. The van der Waals surface area contributed by atoms with E-state index in [-0.39, 0.29) is 6.42 Å². The van der Waals surface area contributed by atoms with Crippen LogP contribution in [0.15, 0.2) is 24.3 Å². The molecule has 1 amide bonds. The average Bonchev–Trinajstić information content (AvgIpc) is 3.16. The second kappa shape index (κ2) is 5.64. The van der Waals surface area contributed by atoms with Crippen LogP contribution < -0.4 is 11.1 Å². The van der Waals surface area contributed by atoms with Gasteiger partial charge in [0.05, 0.1) is 5.92 Å². The maximum Gasteiger partial charge on any atom is 0.411 e. The molecule has 0 radical (unpaired) electrons. The summed E-state index contributed by atoms with van der Waals surface area (Å²) < 4.78 is 5.24. The van der Waals surface area contributed by atoms with E-state index in [0.29, 0.717) is 10.7 Å². The third kappa shape index (κ3) is 2.67. The number of nitrogens with one attached hydrogen (secondary N) is 1. The first kappa shape index (κ1) is 16.5. The number of halogens is 1. The molecule has 2 aliphatic rings. The van der Waals surface area contributed by atoms with Gasteiger partial charge in [0, 0.05) is 29.0 Å². The van der Waals surface area contributed by atoms with E-state index in [1.807, 2.05) is 0 Å². The smallest absolute Gasteiger partial charge is 0.411 e. The van der Waals surface area contributed by atoms with Gasteiger partial charge in [0.2, 0.25) is 0 Å². The zero-order valence-electron chi connectivity index (χ0n) is 12.3. The highest BCUT2D eigenvalue weighted by atomic mass is 35.5. The molecule has 9 heteroatoms. The van der Waals surface area contributed by atoms with Crippen molar-refractivity contribution in [1.29, 1.82) is 0 Å². The van der Waals surface area contributed by atoms with Crippen LogP contribution in [0.2, 0.25) is 5.02 Å². The number of nitrogens with two attached hydrogens (primary N) is 1. The summed E-state index contributed by atoms with van der Waals surface area (Å²) in [6, 6.07) is 6.39. The van der Waals surface area contributed by atoms with Crippen LogP contribution in [0.3, 0.4) is 0 Å². The van der Waals surface area contributed by atoms with Gasteiger partial charge < -0.3 is 20.7 Å². The highest BCUT2D eigenvalue weighted by Crippen LogP contribution is 2.62. The molecule has 2 saturated carbocycles. The number of carboxylic acids is 2. The Kier molecular flexibility index (Phi) is 3.89. The SMILES string of the molecule is N[C@]1(C(=O)O)C[C@@H](OC(=O)Nc2cccc(Cl)c2)[C@@H]2[C@@H](C(=O)O)[C@H]21. The lowest BCUT2D eigenvalue weighted by atomic mass is 9.91. The molecule has 0 unspecified atom stereocenters. The van der Waals surface area contributed by atoms with E-state index < -0.39 is 47.4 Å². The average molecular weight is 355 g/mol. The number of hydrogen-bond acceptors (Lipinski definition) is 5. The zero-order valence-corrected chi connectivity index (χ0v) is 13.1. The fourth-order valence-corrected chi connectivity index (χ4v) is 3.78. The Hall–Kier alpha value is -2.32. The molecule has 128 valence electrons. The number of carboxylic acid groups (broad SMARTS) is 2. The molecule has 0 bridgehead atoms. The van der Waals surface area contributed by atoms with E-state index in [1.54, 1.807) is 18.2 Å². The molecular formula is C15H15ClN2O6. The van der Waals surface area contributed by atoms with Gasteiger partial charge in [-0.2, -0.15) is 0 Å². The van der Waals surface area contributed by atoms with Crippen molar-refractivity contribution in [1.82, 2.24) is 0 Å². The van der Waals surface area contributed by atoms with Gasteiger partial charge in [-0.05, 0) is 18.2 Å². The van der Waals surface area contributed by atoms with Crippen molar-refractivity contribution in [3.8, 4) is 0 Å². The topological polar surface area (TPSA) is 139 Å². The van der Waals surface area contributed by atoms with E-state index in [1.165, 1.54) is 6.07 Å². The third-order valence-electron chi connectivity index (χ3n) is 4.65. The summed E-state index contributed by atoms with van der Waals surface area (Å²) in [5, 5.41) is 21.4. The molecule has 0 aromatic heterocycles. The van der Waals surface area contributed by atoms with Gasteiger partial charge >= 0.3 is 18.0 Å². The van der Waals surface area contributed by atoms with Gasteiger partial charge in [-0.1, -0.05) is 17.7 Å². The van der Waals surface area contributed by atoms with E-state index in [4.69, 9.17) is 22.1 Å². The minimum absolute atomic E-state index is 0.121. The lowest BCUT2D eigenvalue weighted by molar-refractivity contribution is -0.146. The predicted molar refractivity (Wildman–Crippen MR) is 82.6 cm³/mol. The summed E-state index contributed by atoms with van der Waals surface area (Å²) in [6.07, 6.45) is -1.80. The summed E-state index contributed by atoms with van der Waals surface area (Å²) in [5.41, 5.74) is 4.57. The van der Waals surface area contributed by atoms with Crippen LogP contribution in [0.5, 0.6) is 0 Å². The molecule has 1 aromatic carbocycles. The lowest BCUT2D eigenvalue weighted by Crippen LogP contribution is -2.51. The Morgan fingerprint density at radius 3 is 2.62 bits per heavy atom. The third-order valence-corrected chi connectivity index (χ3v) is 4.89. The monoisotopic (exact) mass is 354 g/mol. The molecule has 3 rings (SSSR count). The molecule has 5 N–H and O–H groups in total. The predicted octanol–water partition coefficient (Wildman–Crippen LogP) is 1.39. The largest absolute Gasteiger partial charge is 0.481 e. The van der Waals surface area contributed by atoms with Gasteiger partial charge in [-0.25, -0.2) is 4.79 Å². The molecule has 0 heterocycles. The van der Waals surface area contributed by atoms with Crippen LogP contribution >= 0.6 is 11.6 Å². The number of aliphatic carboxylic acids is 2. The van der Waals surface area contributed by atoms with Crippen molar-refractivity contribution < 1.29 is 29.3 Å². The molecule has 0 aliphatic heterocycles. The fourth-order valence-electron chi connectivity index (χ4n) is 3.59. The highest BCUT2D eigenvalue weighted by molar-refractivity contribution is 6.30. The number of anilines is 1. The van der Waals surface area contributed by atoms with E-state index in [2.05, 4.69) is 5.32 Å². The molecular weight excluding hydrogens is 340 g/mol. The fraction of sp³-hybridized carbons (Fsp3) is 0.400. The normalized spacial score (nSPS) is 33.4. The first-order valence-electron chi connectivity index (χ1n) is 7.22. The number of amides is 1. The van der Waals surface area contributed by atoms with Gasteiger partial charge in [0.25, 0.3) is 0 Å². The minimum Gasteiger partial charge on any atom is -0.481 e. The van der Waals surface area contributed by atoms with Crippen molar-refractivity contribution in [3.63, 3.8) is 0 Å². The van der Waals surface area contributed by atoms with Crippen LogP contribution in [0.25, 0.3) is 0 Å². The Bertz CT molecular complexity index is 726. The Balaban J connectivity index is 1.70. The van der Waals surface area contributed by atoms with Crippen LogP contribution in [0.1, 0.15) is 6.42 Å². The molecule has 8 nitrogen and oxygen atoms in total. The quantitative estimate of drug-likeness (QED) is 0.640. The van der Waals surface area contributed by atoms with E-state index in [0.717, 1.165) is 0 Å². The van der Waals surface area contributed by atoms with Gasteiger partial charge in [-0.15, -0.1) is 0 Å². The first-order valence-corrected chi connectivity index (χ1v) is 7.60. The van der Waals surface area contributed by atoms with Crippen molar-refractivity contribution >= 4 is 35.3 Å². The molecule has 5 atom stereocenters. The molecule has 0 saturated heterocycles. The van der Waals surface area contributed by atoms with E-state index in [9.17, 15) is 24.6 Å². The van der Waals surface area contributed by atoms with E-state index >= 15 is 0 Å². The molecule has 2 aliphatic carbocycles. The summed E-state index contributed by atoms with van der Waals surface area (Å²) in [7, 11) is 0. The van der Waals surface area contributed by atoms with Gasteiger partial charge in [0.1, 0.15) is 11.6 Å². The van der Waals surface area contributed by atoms with Crippen LogP contribution in [-0.4, -0.2) is 39.9 Å². The summed E-state index contributed by atoms with van der Waals surface area (Å²) in [5.74, 6) is -4.67. The van der Waals surface area contributed by atoms with Gasteiger partial charge in [0.15, 0.2) is 0 Å². The lowest BCUT2D eigenvalue weighted by Gasteiger charge is -2.24. The molecule has 2 fully saturated rings. The Morgan fingerprint density at radius 2 is 2.04 bits per heavy atom. The standard InChI is InChI=1S/C15H15ClN2O6/c16-6-2-1-3-7(4-6)18-14(23)24-8-5-15(17,13(21)22)11-9(8)10(11)12(19)20/h1-4,8-11H,5,17H2,(H,18,23)(H,19,20)(H,21,22)/t8-,9-,10-,11+,15-/m1/s1. The van der Waals surface area contributed by atoms with Crippen LogP contribution in [-0.2, 0) is 14.3 Å². The Morgan fingerprint density at radius 1 is 1.33 bits per heavy atom.